The summed E-state index contributed by atoms with van der Waals surface area (Å²) >= 11 is 5.81. The highest BCUT2D eigenvalue weighted by Crippen LogP contribution is 2.28. The van der Waals surface area contributed by atoms with Gasteiger partial charge in [-0.2, -0.15) is 0 Å². The molecule has 0 aromatic heterocycles. The van der Waals surface area contributed by atoms with Gasteiger partial charge in [0.1, 0.15) is 4.90 Å². The molecule has 0 amide bonds. The zero-order chi connectivity index (χ0) is 14.8. The third kappa shape index (κ3) is 2.73. The fourth-order valence-corrected chi connectivity index (χ4v) is 3.71. The largest absolute Gasteiger partial charge is 0.398 e. The molecule has 20 heavy (non-hydrogen) atoms. The van der Waals surface area contributed by atoms with Crippen molar-refractivity contribution in [1.82, 2.24) is 0 Å². The summed E-state index contributed by atoms with van der Waals surface area (Å²) < 4.78 is 26.7. The zero-order valence-corrected chi connectivity index (χ0v) is 12.5. The molecule has 0 unspecified atom stereocenters. The van der Waals surface area contributed by atoms with Crippen molar-refractivity contribution >= 4 is 33.0 Å². The summed E-state index contributed by atoms with van der Waals surface area (Å²) in [5.74, 6) is 0. The Labute approximate surface area is 123 Å². The van der Waals surface area contributed by atoms with E-state index in [9.17, 15) is 8.42 Å². The molecule has 2 aromatic rings. The van der Waals surface area contributed by atoms with Gasteiger partial charge in [-0.25, -0.2) is 8.42 Å². The Balaban J connectivity index is 2.53. The maximum Gasteiger partial charge on any atom is 0.266 e. The fraction of sp³-hybridized carbons (Fsp3) is 0.143. The van der Waals surface area contributed by atoms with E-state index >= 15 is 0 Å². The van der Waals surface area contributed by atoms with Gasteiger partial charge >= 0.3 is 0 Å². The van der Waals surface area contributed by atoms with Crippen LogP contribution >= 0.6 is 11.6 Å². The number of para-hydroxylation sites is 1. The molecule has 0 aliphatic heterocycles. The Kier molecular flexibility index (Phi) is 4.20. The SMILES string of the molecule is CCN(c1ccccc1)S(=O)(=O)c1ccc(Cl)cc1N. The molecule has 106 valence electrons. The van der Waals surface area contributed by atoms with Gasteiger partial charge in [-0.3, -0.25) is 4.31 Å². The highest BCUT2D eigenvalue weighted by Gasteiger charge is 2.25. The summed E-state index contributed by atoms with van der Waals surface area (Å²) in [4.78, 5) is 0.0626. The standard InChI is InChI=1S/C14H15ClN2O2S/c1-2-17(12-6-4-3-5-7-12)20(18,19)14-9-8-11(15)10-13(14)16/h3-10H,2,16H2,1H3. The van der Waals surface area contributed by atoms with Crippen molar-refractivity contribution in [3.63, 3.8) is 0 Å². The van der Waals surface area contributed by atoms with Gasteiger partial charge in [-0.15, -0.1) is 0 Å². The normalized spacial score (nSPS) is 11.3. The molecule has 0 saturated heterocycles. The number of halogens is 1. The Hall–Kier alpha value is -1.72. The third-order valence-corrected chi connectivity index (χ3v) is 5.08. The molecule has 0 saturated carbocycles. The van der Waals surface area contributed by atoms with Gasteiger partial charge in [0.2, 0.25) is 0 Å². The minimum absolute atomic E-state index is 0.0626. The number of nitrogens with zero attached hydrogens (tertiary/aromatic N) is 1. The molecule has 2 rings (SSSR count). The molecule has 2 aromatic carbocycles. The van der Waals surface area contributed by atoms with Crippen molar-refractivity contribution < 1.29 is 8.42 Å². The number of anilines is 2. The van der Waals surface area contributed by atoms with Crippen LogP contribution in [0.3, 0.4) is 0 Å². The van der Waals surface area contributed by atoms with E-state index in [2.05, 4.69) is 0 Å². The fourth-order valence-electron chi connectivity index (χ4n) is 1.96. The van der Waals surface area contributed by atoms with Crippen LogP contribution < -0.4 is 10.0 Å². The minimum Gasteiger partial charge on any atom is -0.398 e. The summed E-state index contributed by atoms with van der Waals surface area (Å²) in [5.41, 5.74) is 6.53. The molecule has 0 bridgehead atoms. The second-order valence-electron chi connectivity index (χ2n) is 4.19. The molecule has 0 spiro atoms. The lowest BCUT2D eigenvalue weighted by Gasteiger charge is -2.23. The quantitative estimate of drug-likeness (QED) is 0.882. The Bertz CT molecular complexity index is 702. The second-order valence-corrected chi connectivity index (χ2v) is 6.45. The van der Waals surface area contributed by atoms with Gasteiger partial charge in [0.15, 0.2) is 0 Å². The summed E-state index contributed by atoms with van der Waals surface area (Å²) in [6.45, 7) is 2.09. The molecule has 4 nitrogen and oxygen atoms in total. The van der Waals surface area contributed by atoms with Crippen LogP contribution in [-0.4, -0.2) is 15.0 Å². The van der Waals surface area contributed by atoms with E-state index in [1.807, 2.05) is 6.07 Å². The van der Waals surface area contributed by atoms with Crippen LogP contribution in [-0.2, 0) is 10.0 Å². The second kappa shape index (κ2) is 5.73. The summed E-state index contributed by atoms with van der Waals surface area (Å²) in [5, 5.41) is 0.407. The van der Waals surface area contributed by atoms with E-state index in [1.165, 1.54) is 22.5 Å². The summed E-state index contributed by atoms with van der Waals surface area (Å²) in [6.07, 6.45) is 0. The maximum atomic E-state index is 12.7. The number of hydrogen-bond donors (Lipinski definition) is 1. The average molecular weight is 311 g/mol. The van der Waals surface area contributed by atoms with Crippen molar-refractivity contribution in [3.8, 4) is 0 Å². The van der Waals surface area contributed by atoms with Crippen LogP contribution in [0.1, 0.15) is 6.92 Å². The van der Waals surface area contributed by atoms with Crippen LogP contribution in [0.25, 0.3) is 0 Å². The molecule has 2 N–H and O–H groups in total. The number of nitrogens with two attached hydrogens (primary N) is 1. The number of sulfonamides is 1. The zero-order valence-electron chi connectivity index (χ0n) is 11.0. The van der Waals surface area contributed by atoms with E-state index in [0.717, 1.165) is 0 Å². The first-order valence-electron chi connectivity index (χ1n) is 6.09. The summed E-state index contributed by atoms with van der Waals surface area (Å²) in [7, 11) is -3.70. The molecule has 0 fully saturated rings. The molecule has 0 aliphatic carbocycles. The van der Waals surface area contributed by atoms with Gasteiger partial charge < -0.3 is 5.73 Å². The Morgan fingerprint density at radius 1 is 1.15 bits per heavy atom. The van der Waals surface area contributed by atoms with Crippen LogP contribution in [0.2, 0.25) is 5.02 Å². The van der Waals surface area contributed by atoms with Crippen molar-refractivity contribution in [2.24, 2.45) is 0 Å². The van der Waals surface area contributed by atoms with E-state index in [0.29, 0.717) is 17.3 Å². The molecular weight excluding hydrogens is 296 g/mol. The first-order valence-corrected chi connectivity index (χ1v) is 7.91. The lowest BCUT2D eigenvalue weighted by atomic mass is 10.3. The predicted molar refractivity (Wildman–Crippen MR) is 82.5 cm³/mol. The smallest absolute Gasteiger partial charge is 0.266 e. The van der Waals surface area contributed by atoms with Crippen LogP contribution in [0.15, 0.2) is 53.4 Å². The van der Waals surface area contributed by atoms with E-state index in [4.69, 9.17) is 17.3 Å². The highest BCUT2D eigenvalue weighted by atomic mass is 35.5. The molecule has 0 atom stereocenters. The van der Waals surface area contributed by atoms with Crippen molar-refractivity contribution in [1.29, 1.82) is 0 Å². The highest BCUT2D eigenvalue weighted by molar-refractivity contribution is 7.93. The monoisotopic (exact) mass is 310 g/mol. The number of nitrogen functional groups attached to an aromatic ring is 1. The first-order chi connectivity index (χ1) is 9.46. The number of benzene rings is 2. The summed E-state index contributed by atoms with van der Waals surface area (Å²) in [6, 6.07) is 13.3. The van der Waals surface area contributed by atoms with Gasteiger partial charge in [-0.05, 0) is 37.3 Å². The van der Waals surface area contributed by atoms with Crippen molar-refractivity contribution in [3.05, 3.63) is 53.6 Å². The third-order valence-electron chi connectivity index (χ3n) is 2.87. The van der Waals surface area contributed by atoms with E-state index < -0.39 is 10.0 Å². The van der Waals surface area contributed by atoms with Gasteiger partial charge in [-0.1, -0.05) is 29.8 Å². The molecule has 0 aliphatic rings. The van der Waals surface area contributed by atoms with Gasteiger partial charge in [0.05, 0.1) is 11.4 Å². The Morgan fingerprint density at radius 2 is 1.80 bits per heavy atom. The molecule has 0 radical (unpaired) electrons. The van der Waals surface area contributed by atoms with Crippen molar-refractivity contribution in [2.75, 3.05) is 16.6 Å². The van der Waals surface area contributed by atoms with Crippen LogP contribution in [0.5, 0.6) is 0 Å². The number of hydrogen-bond acceptors (Lipinski definition) is 3. The molecule has 6 heteroatoms. The lowest BCUT2D eigenvalue weighted by molar-refractivity contribution is 0.592. The Morgan fingerprint density at radius 3 is 2.35 bits per heavy atom. The maximum absolute atomic E-state index is 12.7. The molecule has 0 heterocycles. The van der Waals surface area contributed by atoms with Gasteiger partial charge in [0, 0.05) is 11.6 Å². The van der Waals surface area contributed by atoms with Crippen LogP contribution in [0.4, 0.5) is 11.4 Å². The first kappa shape index (κ1) is 14.7. The topological polar surface area (TPSA) is 63.4 Å². The van der Waals surface area contributed by atoms with Crippen molar-refractivity contribution in [2.45, 2.75) is 11.8 Å². The van der Waals surface area contributed by atoms with Gasteiger partial charge in [0.25, 0.3) is 10.0 Å². The predicted octanol–water partition coefficient (Wildman–Crippen LogP) is 3.14. The minimum atomic E-state index is -3.70. The lowest BCUT2D eigenvalue weighted by Crippen LogP contribution is -2.31. The molecular formula is C14H15ClN2O2S. The number of rotatable bonds is 4. The van der Waals surface area contributed by atoms with E-state index in [1.54, 1.807) is 31.2 Å². The van der Waals surface area contributed by atoms with Crippen LogP contribution in [0, 0.1) is 0 Å². The van der Waals surface area contributed by atoms with E-state index in [-0.39, 0.29) is 10.6 Å². The average Bonchev–Trinajstić information content (AvgIpc) is 2.40.